The van der Waals surface area contributed by atoms with Gasteiger partial charge in [0.15, 0.2) is 0 Å². The monoisotopic (exact) mass is 378 g/mol. The van der Waals surface area contributed by atoms with Gasteiger partial charge in [0, 0.05) is 11.1 Å². The Morgan fingerprint density at radius 3 is 1.32 bits per heavy atom. The average Bonchev–Trinajstić information content (AvgIpc) is 2.73. The third-order valence-corrected chi connectivity index (χ3v) is 5.71. The molecule has 2 aromatic rings. The Bertz CT molecular complexity index is 710. The number of methoxy groups -OCH3 is 2. The van der Waals surface area contributed by atoms with E-state index in [1.54, 1.807) is 14.2 Å². The number of fused-ring (bicyclic) bond motifs is 4. The van der Waals surface area contributed by atoms with Crippen LogP contribution >= 0.6 is 0 Å². The standard InChI is InChI=1S/C26H34O2/c1-27-25-17-13-21-11-9-7-5-3-4-6-8-10-12-22-14-18-26(28-2)24(20-22)16-15-23(25)19-21/h13-20H,3-12H2,1-2H3/b16-15-. The minimum absolute atomic E-state index is 0.921. The maximum Gasteiger partial charge on any atom is 0.126 e. The highest BCUT2D eigenvalue weighted by Gasteiger charge is 2.06. The van der Waals surface area contributed by atoms with Crippen LogP contribution in [0.25, 0.3) is 12.2 Å². The molecule has 150 valence electrons. The highest BCUT2D eigenvalue weighted by atomic mass is 16.5. The first-order valence-corrected chi connectivity index (χ1v) is 10.8. The van der Waals surface area contributed by atoms with E-state index in [4.69, 9.17) is 9.47 Å². The van der Waals surface area contributed by atoms with Crippen LogP contribution in [0.2, 0.25) is 0 Å². The van der Waals surface area contributed by atoms with Gasteiger partial charge in [-0.25, -0.2) is 0 Å². The number of hydrogen-bond acceptors (Lipinski definition) is 2. The van der Waals surface area contributed by atoms with Crippen molar-refractivity contribution >= 4 is 12.2 Å². The Kier molecular flexibility index (Phi) is 8.02. The number of ether oxygens (including phenoxy) is 2. The lowest BCUT2D eigenvalue weighted by atomic mass is 9.99. The Labute approximate surface area is 170 Å². The van der Waals surface area contributed by atoms with Crippen LogP contribution < -0.4 is 9.47 Å². The van der Waals surface area contributed by atoms with E-state index in [2.05, 4.69) is 48.6 Å². The summed E-state index contributed by atoms with van der Waals surface area (Å²) in [5, 5.41) is 0. The summed E-state index contributed by atoms with van der Waals surface area (Å²) in [6.07, 6.45) is 17.3. The summed E-state index contributed by atoms with van der Waals surface area (Å²) in [4.78, 5) is 0. The van der Waals surface area contributed by atoms with E-state index < -0.39 is 0 Å². The second-order valence-electron chi connectivity index (χ2n) is 7.81. The molecule has 2 aromatic carbocycles. The molecule has 28 heavy (non-hydrogen) atoms. The van der Waals surface area contributed by atoms with E-state index in [1.807, 2.05) is 0 Å². The minimum atomic E-state index is 0.921. The molecule has 1 aliphatic rings. The number of rotatable bonds is 2. The van der Waals surface area contributed by atoms with Crippen molar-refractivity contribution in [3.63, 3.8) is 0 Å². The Morgan fingerprint density at radius 1 is 0.536 bits per heavy atom. The van der Waals surface area contributed by atoms with Gasteiger partial charge in [-0.05, 0) is 61.1 Å². The highest BCUT2D eigenvalue weighted by molar-refractivity contribution is 5.75. The topological polar surface area (TPSA) is 18.5 Å². The first-order chi connectivity index (χ1) is 13.8. The van der Waals surface area contributed by atoms with Gasteiger partial charge in [0.25, 0.3) is 0 Å². The van der Waals surface area contributed by atoms with Crippen LogP contribution in [0.5, 0.6) is 11.5 Å². The van der Waals surface area contributed by atoms with Crippen molar-refractivity contribution < 1.29 is 9.47 Å². The lowest BCUT2D eigenvalue weighted by molar-refractivity contribution is 0.413. The zero-order valence-electron chi connectivity index (χ0n) is 17.5. The SMILES string of the molecule is COc1ccc2cc1/C=C\c1cc(ccc1OC)CCCCCCCCCC2. The molecule has 0 amide bonds. The van der Waals surface area contributed by atoms with Gasteiger partial charge in [-0.1, -0.05) is 62.8 Å². The van der Waals surface area contributed by atoms with Gasteiger partial charge in [-0.15, -0.1) is 0 Å². The summed E-state index contributed by atoms with van der Waals surface area (Å²) in [6, 6.07) is 13.1. The fourth-order valence-corrected chi connectivity index (χ4v) is 4.04. The summed E-state index contributed by atoms with van der Waals surface area (Å²) in [6.45, 7) is 0. The summed E-state index contributed by atoms with van der Waals surface area (Å²) < 4.78 is 11.2. The fourth-order valence-electron chi connectivity index (χ4n) is 4.04. The minimum Gasteiger partial charge on any atom is -0.496 e. The first-order valence-electron chi connectivity index (χ1n) is 10.8. The van der Waals surface area contributed by atoms with Crippen molar-refractivity contribution in [2.45, 2.75) is 64.2 Å². The summed E-state index contributed by atoms with van der Waals surface area (Å²) in [5.41, 5.74) is 5.05. The molecule has 0 heterocycles. The van der Waals surface area contributed by atoms with Crippen LogP contribution in [0.4, 0.5) is 0 Å². The molecule has 0 saturated carbocycles. The zero-order valence-corrected chi connectivity index (χ0v) is 17.5. The van der Waals surface area contributed by atoms with Crippen LogP contribution in [0.15, 0.2) is 36.4 Å². The predicted molar refractivity (Wildman–Crippen MR) is 119 cm³/mol. The van der Waals surface area contributed by atoms with E-state index in [0.717, 1.165) is 35.5 Å². The Morgan fingerprint density at radius 2 is 0.929 bits per heavy atom. The number of aryl methyl sites for hydroxylation is 2. The first kappa shape index (κ1) is 20.5. The van der Waals surface area contributed by atoms with Crippen molar-refractivity contribution in [3.05, 3.63) is 58.7 Å². The molecule has 0 saturated heterocycles. The van der Waals surface area contributed by atoms with Crippen LogP contribution in [-0.2, 0) is 12.8 Å². The maximum absolute atomic E-state index is 5.59. The fraction of sp³-hybridized carbons (Fsp3) is 0.462. The third kappa shape index (κ3) is 5.89. The maximum atomic E-state index is 5.59. The second kappa shape index (κ2) is 10.9. The molecule has 0 atom stereocenters. The smallest absolute Gasteiger partial charge is 0.126 e. The molecule has 2 nitrogen and oxygen atoms in total. The van der Waals surface area contributed by atoms with E-state index in [9.17, 15) is 0 Å². The Hall–Kier alpha value is -2.22. The van der Waals surface area contributed by atoms with Crippen molar-refractivity contribution in [1.82, 2.24) is 0 Å². The zero-order chi connectivity index (χ0) is 19.6. The van der Waals surface area contributed by atoms with Crippen LogP contribution in [0.1, 0.15) is 73.6 Å². The van der Waals surface area contributed by atoms with Crippen molar-refractivity contribution in [2.24, 2.45) is 0 Å². The molecular weight excluding hydrogens is 344 g/mol. The second-order valence-corrected chi connectivity index (χ2v) is 7.81. The largest absolute Gasteiger partial charge is 0.496 e. The van der Waals surface area contributed by atoms with Crippen molar-refractivity contribution in [2.75, 3.05) is 14.2 Å². The highest BCUT2D eigenvalue weighted by Crippen LogP contribution is 2.27. The average molecular weight is 379 g/mol. The predicted octanol–water partition coefficient (Wildman–Crippen LogP) is 7.09. The Balaban J connectivity index is 1.89. The van der Waals surface area contributed by atoms with E-state index in [0.29, 0.717) is 0 Å². The molecule has 3 rings (SSSR count). The van der Waals surface area contributed by atoms with E-state index in [-0.39, 0.29) is 0 Å². The van der Waals surface area contributed by atoms with Gasteiger partial charge in [0.2, 0.25) is 0 Å². The molecule has 2 heteroatoms. The van der Waals surface area contributed by atoms with Crippen LogP contribution in [0, 0.1) is 0 Å². The number of benzene rings is 2. The molecule has 1 aliphatic carbocycles. The summed E-state index contributed by atoms with van der Waals surface area (Å²) >= 11 is 0. The molecule has 0 spiro atoms. The van der Waals surface area contributed by atoms with Crippen LogP contribution in [-0.4, -0.2) is 14.2 Å². The normalized spacial score (nSPS) is 17.2. The van der Waals surface area contributed by atoms with Crippen molar-refractivity contribution in [3.8, 4) is 11.5 Å². The van der Waals surface area contributed by atoms with E-state index >= 15 is 0 Å². The summed E-state index contributed by atoms with van der Waals surface area (Å²) in [7, 11) is 3.48. The quantitative estimate of drug-likeness (QED) is 0.555. The molecule has 0 aromatic heterocycles. The molecule has 0 N–H and O–H groups in total. The molecular formula is C26H34O2. The van der Waals surface area contributed by atoms with Gasteiger partial charge < -0.3 is 9.47 Å². The molecule has 0 radical (unpaired) electrons. The van der Waals surface area contributed by atoms with Crippen molar-refractivity contribution in [1.29, 1.82) is 0 Å². The molecule has 0 fully saturated rings. The van der Waals surface area contributed by atoms with Gasteiger partial charge in [-0.3, -0.25) is 0 Å². The van der Waals surface area contributed by atoms with E-state index in [1.165, 1.54) is 62.5 Å². The molecule has 4 bridgehead atoms. The van der Waals surface area contributed by atoms with Crippen LogP contribution in [0.3, 0.4) is 0 Å². The number of hydrogen-bond donors (Lipinski definition) is 0. The van der Waals surface area contributed by atoms with Gasteiger partial charge in [0.1, 0.15) is 11.5 Å². The lowest BCUT2D eigenvalue weighted by Crippen LogP contribution is -1.93. The van der Waals surface area contributed by atoms with Gasteiger partial charge in [-0.2, -0.15) is 0 Å². The molecule has 0 aliphatic heterocycles. The summed E-state index contributed by atoms with van der Waals surface area (Å²) in [5.74, 6) is 1.84. The third-order valence-electron chi connectivity index (χ3n) is 5.71. The lowest BCUT2D eigenvalue weighted by Gasteiger charge is -2.11. The molecule has 0 unspecified atom stereocenters. The van der Waals surface area contributed by atoms with Gasteiger partial charge >= 0.3 is 0 Å². The van der Waals surface area contributed by atoms with Gasteiger partial charge in [0.05, 0.1) is 14.2 Å².